The highest BCUT2D eigenvalue weighted by atomic mass is 16.2. The highest BCUT2D eigenvalue weighted by molar-refractivity contribution is 6.00. The number of hydrogen-bond donors (Lipinski definition) is 1. The van der Waals surface area contributed by atoms with Gasteiger partial charge in [0.1, 0.15) is 5.69 Å². The summed E-state index contributed by atoms with van der Waals surface area (Å²) in [6.07, 6.45) is 7.25. The lowest BCUT2D eigenvalue weighted by molar-refractivity contribution is 0.0955. The molecule has 0 unspecified atom stereocenters. The first kappa shape index (κ1) is 17.2. The van der Waals surface area contributed by atoms with Crippen molar-refractivity contribution < 1.29 is 4.79 Å². The van der Waals surface area contributed by atoms with E-state index < -0.39 is 0 Å². The normalized spacial score (nSPS) is 14.0. The number of rotatable bonds is 4. The molecule has 0 aliphatic heterocycles. The Morgan fingerprint density at radius 1 is 0.926 bits per heavy atom. The quantitative estimate of drug-likeness (QED) is 0.694. The largest absolute Gasteiger partial charge is 0.275 e. The first-order valence-electron chi connectivity index (χ1n) is 9.37. The standard InChI is InChI=1S/C22H22N4O/c27-22(24-23-18-12-6-2-7-13-18)20-16-26(19-14-8-3-9-15-19)25-21(20)17-10-4-1-5-11-17/h1,3-5,8-11,14-16H,2,6-7,12-13H2,(H,24,27). The van der Waals surface area contributed by atoms with Crippen molar-refractivity contribution in [3.63, 3.8) is 0 Å². The van der Waals surface area contributed by atoms with Crippen molar-refractivity contribution in [1.29, 1.82) is 0 Å². The predicted octanol–water partition coefficient (Wildman–Crippen LogP) is 4.59. The minimum absolute atomic E-state index is 0.228. The third-order valence-electron chi connectivity index (χ3n) is 4.77. The van der Waals surface area contributed by atoms with Crippen molar-refractivity contribution in [3.05, 3.63) is 72.4 Å². The first-order chi connectivity index (χ1) is 13.3. The van der Waals surface area contributed by atoms with Crippen molar-refractivity contribution in [2.45, 2.75) is 32.1 Å². The van der Waals surface area contributed by atoms with Gasteiger partial charge in [-0.25, -0.2) is 10.1 Å². The Balaban J connectivity index is 1.67. The number of hydrazone groups is 1. The summed E-state index contributed by atoms with van der Waals surface area (Å²) in [6.45, 7) is 0. The minimum atomic E-state index is -0.228. The molecule has 1 saturated carbocycles. The number of para-hydroxylation sites is 1. The zero-order valence-corrected chi connectivity index (χ0v) is 15.1. The predicted molar refractivity (Wildman–Crippen MR) is 107 cm³/mol. The minimum Gasteiger partial charge on any atom is -0.267 e. The van der Waals surface area contributed by atoms with E-state index in [1.54, 1.807) is 10.9 Å². The van der Waals surface area contributed by atoms with Gasteiger partial charge in [0.2, 0.25) is 0 Å². The third kappa shape index (κ3) is 3.97. The Hall–Kier alpha value is -3.21. The lowest BCUT2D eigenvalue weighted by Crippen LogP contribution is -2.21. The Labute approximate surface area is 158 Å². The molecule has 1 heterocycles. The number of hydrogen-bond acceptors (Lipinski definition) is 3. The lowest BCUT2D eigenvalue weighted by Gasteiger charge is -2.11. The molecule has 5 heteroatoms. The molecular formula is C22H22N4O. The second-order valence-corrected chi connectivity index (χ2v) is 6.72. The van der Waals surface area contributed by atoms with Crippen LogP contribution in [0.15, 0.2) is 72.0 Å². The van der Waals surface area contributed by atoms with Crippen LogP contribution in [0, 0.1) is 0 Å². The maximum atomic E-state index is 12.9. The van der Waals surface area contributed by atoms with E-state index in [2.05, 4.69) is 15.6 Å². The molecule has 27 heavy (non-hydrogen) atoms. The molecule has 1 aromatic heterocycles. The molecule has 4 rings (SSSR count). The maximum Gasteiger partial charge on any atom is 0.275 e. The molecule has 1 aliphatic carbocycles. The molecule has 0 bridgehead atoms. The summed E-state index contributed by atoms with van der Waals surface area (Å²) >= 11 is 0. The molecule has 0 saturated heterocycles. The van der Waals surface area contributed by atoms with Crippen molar-refractivity contribution >= 4 is 11.6 Å². The van der Waals surface area contributed by atoms with Gasteiger partial charge in [-0.05, 0) is 37.8 Å². The van der Waals surface area contributed by atoms with E-state index >= 15 is 0 Å². The Morgan fingerprint density at radius 2 is 1.59 bits per heavy atom. The van der Waals surface area contributed by atoms with Crippen molar-refractivity contribution in [2.24, 2.45) is 5.10 Å². The molecule has 5 nitrogen and oxygen atoms in total. The van der Waals surface area contributed by atoms with Gasteiger partial charge in [-0.3, -0.25) is 4.79 Å². The molecule has 1 aliphatic rings. The number of benzene rings is 2. The smallest absolute Gasteiger partial charge is 0.267 e. The number of aromatic nitrogens is 2. The molecule has 3 aromatic rings. The zero-order valence-electron chi connectivity index (χ0n) is 15.1. The Kier molecular flexibility index (Phi) is 5.10. The fourth-order valence-corrected chi connectivity index (χ4v) is 3.32. The van der Waals surface area contributed by atoms with Crippen LogP contribution in [0.1, 0.15) is 42.5 Å². The van der Waals surface area contributed by atoms with Crippen molar-refractivity contribution in [3.8, 4) is 16.9 Å². The average Bonchev–Trinajstić information content (AvgIpc) is 3.20. The third-order valence-corrected chi connectivity index (χ3v) is 4.77. The van der Waals surface area contributed by atoms with Crippen LogP contribution in [-0.4, -0.2) is 21.4 Å². The molecule has 2 aromatic carbocycles. The Morgan fingerprint density at radius 3 is 2.30 bits per heavy atom. The first-order valence-corrected chi connectivity index (χ1v) is 9.37. The van der Waals surface area contributed by atoms with Crippen LogP contribution in [0.5, 0.6) is 0 Å². The maximum absolute atomic E-state index is 12.9. The van der Waals surface area contributed by atoms with Crippen LogP contribution in [0.3, 0.4) is 0 Å². The van der Waals surface area contributed by atoms with Gasteiger partial charge in [0.05, 0.1) is 11.3 Å². The van der Waals surface area contributed by atoms with Crippen molar-refractivity contribution in [2.75, 3.05) is 0 Å². The fraction of sp³-hybridized carbons (Fsp3) is 0.227. The van der Waals surface area contributed by atoms with Gasteiger partial charge in [-0.1, -0.05) is 55.0 Å². The summed E-state index contributed by atoms with van der Waals surface area (Å²) in [6, 6.07) is 19.6. The summed E-state index contributed by atoms with van der Waals surface area (Å²) < 4.78 is 1.74. The van der Waals surface area contributed by atoms with Gasteiger partial charge < -0.3 is 0 Å². The van der Waals surface area contributed by atoms with Crippen molar-refractivity contribution in [1.82, 2.24) is 15.2 Å². The van der Waals surface area contributed by atoms with E-state index in [4.69, 9.17) is 0 Å². The summed E-state index contributed by atoms with van der Waals surface area (Å²) in [5.41, 5.74) is 6.80. The molecular weight excluding hydrogens is 336 g/mol. The topological polar surface area (TPSA) is 59.3 Å². The molecule has 1 N–H and O–H groups in total. The lowest BCUT2D eigenvalue weighted by atomic mass is 9.99. The molecule has 1 amide bonds. The van der Waals surface area contributed by atoms with Gasteiger partial charge in [-0.15, -0.1) is 0 Å². The summed E-state index contributed by atoms with van der Waals surface area (Å²) in [5.74, 6) is -0.228. The SMILES string of the molecule is O=C(NN=C1CCCCC1)c1cn(-c2ccccc2)nc1-c1ccccc1. The van der Waals surface area contributed by atoms with Gasteiger partial charge in [-0.2, -0.15) is 10.2 Å². The van der Waals surface area contributed by atoms with Crippen LogP contribution in [0.2, 0.25) is 0 Å². The second kappa shape index (κ2) is 7.99. The fourth-order valence-electron chi connectivity index (χ4n) is 3.32. The molecule has 0 spiro atoms. The van der Waals surface area contributed by atoms with Crippen LogP contribution in [0.25, 0.3) is 16.9 Å². The van der Waals surface area contributed by atoms with Gasteiger partial charge in [0.15, 0.2) is 0 Å². The number of amides is 1. The number of carbonyl (C=O) groups excluding carboxylic acids is 1. The highest BCUT2D eigenvalue weighted by Crippen LogP contribution is 2.23. The number of nitrogens with zero attached hydrogens (tertiary/aromatic N) is 3. The second-order valence-electron chi connectivity index (χ2n) is 6.72. The molecule has 0 atom stereocenters. The Bertz CT molecular complexity index is 937. The van der Waals surface area contributed by atoms with E-state index in [0.29, 0.717) is 11.3 Å². The van der Waals surface area contributed by atoms with Gasteiger partial charge in [0, 0.05) is 17.5 Å². The van der Waals surface area contributed by atoms with Crippen LogP contribution < -0.4 is 5.43 Å². The van der Waals surface area contributed by atoms with E-state index in [1.165, 1.54) is 6.42 Å². The van der Waals surface area contributed by atoms with Gasteiger partial charge in [0.25, 0.3) is 5.91 Å². The molecule has 1 fully saturated rings. The number of carbonyl (C=O) groups is 1. The molecule has 0 radical (unpaired) electrons. The van der Waals surface area contributed by atoms with E-state index in [-0.39, 0.29) is 5.91 Å². The van der Waals surface area contributed by atoms with Crippen LogP contribution in [0.4, 0.5) is 0 Å². The van der Waals surface area contributed by atoms with E-state index in [1.807, 2.05) is 60.7 Å². The zero-order chi connectivity index (χ0) is 18.5. The van der Waals surface area contributed by atoms with Crippen LogP contribution in [-0.2, 0) is 0 Å². The van der Waals surface area contributed by atoms with E-state index in [9.17, 15) is 4.79 Å². The van der Waals surface area contributed by atoms with Gasteiger partial charge >= 0.3 is 0 Å². The monoisotopic (exact) mass is 358 g/mol. The summed E-state index contributed by atoms with van der Waals surface area (Å²) in [4.78, 5) is 12.9. The summed E-state index contributed by atoms with van der Waals surface area (Å²) in [7, 11) is 0. The number of nitrogens with one attached hydrogen (secondary N) is 1. The van der Waals surface area contributed by atoms with Crippen LogP contribution >= 0.6 is 0 Å². The van der Waals surface area contributed by atoms with E-state index in [0.717, 1.165) is 42.6 Å². The summed E-state index contributed by atoms with van der Waals surface area (Å²) in [5, 5.41) is 9.03. The average molecular weight is 358 g/mol. The highest BCUT2D eigenvalue weighted by Gasteiger charge is 2.19. The molecule has 136 valence electrons.